The van der Waals surface area contributed by atoms with Crippen LogP contribution >= 0.6 is 0 Å². The molecule has 3 N–H and O–H groups in total. The Morgan fingerprint density at radius 2 is 2.00 bits per heavy atom. The first kappa shape index (κ1) is 15.1. The Kier molecular flexibility index (Phi) is 5.44. The number of non-ortho nitro benzene ring substituents is 1. The molecular weight excluding hydrogens is 246 g/mol. The number of nitrogens with one attached hydrogen (secondary N) is 1. The van der Waals surface area contributed by atoms with Crippen LogP contribution < -0.4 is 11.1 Å². The average Bonchev–Trinajstić information content (AvgIpc) is 2.43. The minimum Gasteiger partial charge on any atom is -0.351 e. The molecule has 1 aromatic carbocycles. The highest BCUT2D eigenvalue weighted by Crippen LogP contribution is 2.12. The third kappa shape index (κ3) is 4.33. The van der Waals surface area contributed by atoms with Crippen LogP contribution in [-0.2, 0) is 11.3 Å². The van der Waals surface area contributed by atoms with Gasteiger partial charge in [0.25, 0.3) is 5.69 Å². The molecule has 0 aromatic heterocycles. The van der Waals surface area contributed by atoms with Gasteiger partial charge >= 0.3 is 0 Å². The van der Waals surface area contributed by atoms with Crippen LogP contribution in [0.15, 0.2) is 24.3 Å². The number of amides is 1. The Morgan fingerprint density at radius 1 is 1.42 bits per heavy atom. The highest BCUT2D eigenvalue weighted by atomic mass is 16.6. The lowest BCUT2D eigenvalue weighted by molar-refractivity contribution is -0.384. The number of benzene rings is 1. The topological polar surface area (TPSA) is 98.3 Å². The van der Waals surface area contributed by atoms with Gasteiger partial charge in [0.15, 0.2) is 0 Å². The molecule has 0 heterocycles. The van der Waals surface area contributed by atoms with E-state index in [0.29, 0.717) is 6.54 Å². The lowest BCUT2D eigenvalue weighted by Crippen LogP contribution is -2.44. The van der Waals surface area contributed by atoms with Crippen molar-refractivity contribution in [2.24, 2.45) is 11.7 Å². The third-order valence-corrected chi connectivity index (χ3v) is 3.17. The van der Waals surface area contributed by atoms with Gasteiger partial charge in [0.1, 0.15) is 0 Å². The zero-order chi connectivity index (χ0) is 14.4. The highest BCUT2D eigenvalue weighted by molar-refractivity contribution is 5.81. The van der Waals surface area contributed by atoms with Gasteiger partial charge in [-0.2, -0.15) is 0 Å². The van der Waals surface area contributed by atoms with Crippen LogP contribution in [0, 0.1) is 16.0 Å². The van der Waals surface area contributed by atoms with Gasteiger partial charge in [-0.1, -0.05) is 32.4 Å². The summed E-state index contributed by atoms with van der Waals surface area (Å²) in [6.45, 7) is 4.23. The molecule has 0 saturated carbocycles. The third-order valence-electron chi connectivity index (χ3n) is 3.17. The summed E-state index contributed by atoms with van der Waals surface area (Å²) in [7, 11) is 0. The molecular formula is C13H19N3O3. The highest BCUT2D eigenvalue weighted by Gasteiger charge is 2.18. The molecule has 6 nitrogen and oxygen atoms in total. The Balaban J connectivity index is 2.52. The second kappa shape index (κ2) is 6.84. The Bertz CT molecular complexity index is 445. The Hall–Kier alpha value is -1.95. The number of carbonyl (C=O) groups excluding carboxylic acids is 1. The van der Waals surface area contributed by atoms with Crippen molar-refractivity contribution in [3.8, 4) is 0 Å². The number of hydrogen-bond acceptors (Lipinski definition) is 4. The van der Waals surface area contributed by atoms with Crippen molar-refractivity contribution in [1.82, 2.24) is 5.32 Å². The van der Waals surface area contributed by atoms with Crippen molar-refractivity contribution in [1.29, 1.82) is 0 Å². The van der Waals surface area contributed by atoms with Crippen molar-refractivity contribution in [2.75, 3.05) is 0 Å². The van der Waals surface area contributed by atoms with Gasteiger partial charge in [-0.3, -0.25) is 14.9 Å². The van der Waals surface area contributed by atoms with E-state index in [1.54, 1.807) is 12.1 Å². The van der Waals surface area contributed by atoms with Crippen molar-refractivity contribution in [3.63, 3.8) is 0 Å². The van der Waals surface area contributed by atoms with Crippen LogP contribution in [0.5, 0.6) is 0 Å². The summed E-state index contributed by atoms with van der Waals surface area (Å²) in [5, 5.41) is 13.2. The minimum absolute atomic E-state index is 0.0337. The molecule has 0 aliphatic rings. The second-order valence-electron chi connectivity index (χ2n) is 4.55. The van der Waals surface area contributed by atoms with Gasteiger partial charge in [-0.25, -0.2) is 0 Å². The molecule has 2 atom stereocenters. The van der Waals surface area contributed by atoms with Crippen LogP contribution in [-0.4, -0.2) is 16.9 Å². The maximum absolute atomic E-state index is 11.7. The molecule has 0 aliphatic heterocycles. The fourth-order valence-corrected chi connectivity index (χ4v) is 1.55. The molecule has 0 radical (unpaired) electrons. The van der Waals surface area contributed by atoms with Crippen molar-refractivity contribution in [3.05, 3.63) is 39.9 Å². The number of nitro groups is 1. The van der Waals surface area contributed by atoms with Crippen LogP contribution in [0.2, 0.25) is 0 Å². The summed E-state index contributed by atoms with van der Waals surface area (Å²) in [6, 6.07) is 5.54. The van der Waals surface area contributed by atoms with E-state index >= 15 is 0 Å². The van der Waals surface area contributed by atoms with E-state index in [4.69, 9.17) is 5.73 Å². The van der Waals surface area contributed by atoms with Gasteiger partial charge in [0.2, 0.25) is 5.91 Å². The summed E-state index contributed by atoms with van der Waals surface area (Å²) in [6.07, 6.45) is 0.839. The first-order chi connectivity index (χ1) is 8.95. The predicted molar refractivity (Wildman–Crippen MR) is 72.4 cm³/mol. The van der Waals surface area contributed by atoms with E-state index in [-0.39, 0.29) is 17.5 Å². The zero-order valence-electron chi connectivity index (χ0n) is 11.1. The summed E-state index contributed by atoms with van der Waals surface area (Å²) < 4.78 is 0. The van der Waals surface area contributed by atoms with Crippen LogP contribution in [0.4, 0.5) is 5.69 Å². The van der Waals surface area contributed by atoms with Gasteiger partial charge in [-0.15, -0.1) is 0 Å². The molecule has 1 aromatic rings. The van der Waals surface area contributed by atoms with Crippen LogP contribution in [0.1, 0.15) is 25.8 Å². The van der Waals surface area contributed by atoms with Crippen LogP contribution in [0.25, 0.3) is 0 Å². The smallest absolute Gasteiger partial charge is 0.269 e. The van der Waals surface area contributed by atoms with E-state index in [1.807, 2.05) is 13.8 Å². The van der Waals surface area contributed by atoms with Crippen molar-refractivity contribution in [2.45, 2.75) is 32.9 Å². The number of nitrogens with zero attached hydrogens (tertiary/aromatic N) is 1. The molecule has 2 unspecified atom stereocenters. The van der Waals surface area contributed by atoms with E-state index in [1.165, 1.54) is 12.1 Å². The largest absolute Gasteiger partial charge is 0.351 e. The number of rotatable bonds is 6. The van der Waals surface area contributed by atoms with E-state index in [0.717, 1.165) is 12.0 Å². The lowest BCUT2D eigenvalue weighted by atomic mass is 9.99. The van der Waals surface area contributed by atoms with Gasteiger partial charge in [-0.05, 0) is 11.5 Å². The molecule has 0 bridgehead atoms. The normalized spacial score (nSPS) is 13.6. The molecule has 104 valence electrons. The monoisotopic (exact) mass is 265 g/mol. The van der Waals surface area contributed by atoms with Crippen molar-refractivity contribution >= 4 is 11.6 Å². The summed E-state index contributed by atoms with van der Waals surface area (Å²) in [5.41, 5.74) is 6.63. The van der Waals surface area contributed by atoms with Crippen LogP contribution in [0.3, 0.4) is 0 Å². The zero-order valence-corrected chi connectivity index (χ0v) is 11.1. The van der Waals surface area contributed by atoms with Gasteiger partial charge in [0.05, 0.1) is 11.0 Å². The number of nitro benzene ring substituents is 1. The quantitative estimate of drug-likeness (QED) is 0.602. The fourth-order valence-electron chi connectivity index (χ4n) is 1.55. The summed E-state index contributed by atoms with van der Waals surface area (Å²) >= 11 is 0. The summed E-state index contributed by atoms with van der Waals surface area (Å²) in [4.78, 5) is 21.8. The van der Waals surface area contributed by atoms with Crippen molar-refractivity contribution < 1.29 is 9.72 Å². The lowest BCUT2D eigenvalue weighted by Gasteiger charge is -2.17. The molecule has 19 heavy (non-hydrogen) atoms. The van der Waals surface area contributed by atoms with Gasteiger partial charge < -0.3 is 11.1 Å². The standard InChI is InChI=1S/C13H19N3O3/c1-3-9(2)12(14)13(17)15-8-10-4-6-11(7-5-10)16(18)19/h4-7,9,12H,3,8,14H2,1-2H3,(H,15,17). The van der Waals surface area contributed by atoms with E-state index < -0.39 is 11.0 Å². The van der Waals surface area contributed by atoms with Gasteiger partial charge in [0, 0.05) is 18.7 Å². The molecule has 0 fully saturated rings. The molecule has 6 heteroatoms. The molecule has 1 rings (SSSR count). The Morgan fingerprint density at radius 3 is 2.47 bits per heavy atom. The SMILES string of the molecule is CCC(C)C(N)C(=O)NCc1ccc([N+](=O)[O-])cc1. The Labute approximate surface area is 112 Å². The first-order valence-electron chi connectivity index (χ1n) is 6.22. The van der Waals surface area contributed by atoms with E-state index in [2.05, 4.69) is 5.32 Å². The minimum atomic E-state index is -0.525. The average molecular weight is 265 g/mol. The molecule has 0 saturated heterocycles. The molecule has 0 spiro atoms. The number of nitrogens with two attached hydrogens (primary N) is 1. The maximum atomic E-state index is 11.7. The maximum Gasteiger partial charge on any atom is 0.269 e. The van der Waals surface area contributed by atoms with E-state index in [9.17, 15) is 14.9 Å². The molecule has 1 amide bonds. The number of carbonyl (C=O) groups is 1. The number of hydrogen-bond donors (Lipinski definition) is 2. The second-order valence-corrected chi connectivity index (χ2v) is 4.55. The first-order valence-corrected chi connectivity index (χ1v) is 6.22. The predicted octanol–water partition coefficient (Wildman–Crippen LogP) is 1.58. The fraction of sp³-hybridized carbons (Fsp3) is 0.462. The molecule has 0 aliphatic carbocycles. The summed E-state index contributed by atoms with van der Waals surface area (Å²) in [5.74, 6) is -0.0791.